The molecule has 7 heteroatoms. The van der Waals surface area contributed by atoms with Crippen molar-refractivity contribution in [1.82, 2.24) is 14.5 Å². The molecule has 0 spiro atoms. The monoisotopic (exact) mass is 449 g/mol. The Morgan fingerprint density at radius 2 is 1.61 bits per heavy atom. The van der Waals surface area contributed by atoms with Crippen LogP contribution in [0.1, 0.15) is 22.8 Å². The van der Waals surface area contributed by atoms with E-state index >= 15 is 0 Å². The van der Waals surface area contributed by atoms with Gasteiger partial charge in [-0.2, -0.15) is 0 Å². The van der Waals surface area contributed by atoms with Crippen molar-refractivity contribution in [2.24, 2.45) is 14.1 Å². The lowest BCUT2D eigenvalue weighted by Crippen LogP contribution is -2.19. The number of halogens is 1. The van der Waals surface area contributed by atoms with Crippen molar-refractivity contribution in [3.05, 3.63) is 99.7 Å². The Kier molecular flexibility index (Phi) is 6.91. The van der Waals surface area contributed by atoms with Gasteiger partial charge < -0.3 is 15.2 Å². The molecule has 0 saturated heterocycles. The van der Waals surface area contributed by atoms with Gasteiger partial charge in [0.15, 0.2) is 0 Å². The van der Waals surface area contributed by atoms with Crippen LogP contribution in [0, 0.1) is 5.82 Å². The molecule has 0 saturated carbocycles. The highest BCUT2D eigenvalue weighted by molar-refractivity contribution is 5.77. The molecule has 4 rings (SSSR count). The standard InChI is InChI=1S/C26H28FN3O3/c1-29-23-12-7-20(15-24(23)30(2)26(29)32)25(31)17-33-22-10-5-19(6-11-22)16-28-14-13-18-3-8-21(27)9-4-18/h3-12,15,25,28,31H,13-14,16-17H2,1-2H3/t25-/m0/s1. The van der Waals surface area contributed by atoms with Crippen LogP contribution in [-0.4, -0.2) is 27.4 Å². The van der Waals surface area contributed by atoms with Gasteiger partial charge in [0, 0.05) is 20.6 Å². The number of aliphatic hydroxyl groups is 1. The molecule has 4 aromatic rings. The Balaban J connectivity index is 1.26. The van der Waals surface area contributed by atoms with Gasteiger partial charge in [0.25, 0.3) is 0 Å². The predicted octanol–water partition coefficient (Wildman–Crippen LogP) is 3.46. The molecule has 0 aliphatic heterocycles. The number of hydrogen-bond acceptors (Lipinski definition) is 4. The third kappa shape index (κ3) is 5.32. The zero-order valence-corrected chi connectivity index (χ0v) is 18.8. The summed E-state index contributed by atoms with van der Waals surface area (Å²) in [5, 5.41) is 13.9. The lowest BCUT2D eigenvalue weighted by molar-refractivity contribution is 0.108. The summed E-state index contributed by atoms with van der Waals surface area (Å²) in [6.07, 6.45) is 0.0278. The Labute approximate surface area is 191 Å². The molecular formula is C26H28FN3O3. The summed E-state index contributed by atoms with van der Waals surface area (Å²) < 4.78 is 21.9. The van der Waals surface area contributed by atoms with E-state index in [0.29, 0.717) is 11.3 Å². The predicted molar refractivity (Wildman–Crippen MR) is 127 cm³/mol. The fourth-order valence-corrected chi connectivity index (χ4v) is 3.82. The minimum absolute atomic E-state index is 0.0991. The minimum atomic E-state index is -0.808. The van der Waals surface area contributed by atoms with E-state index in [-0.39, 0.29) is 18.1 Å². The Bertz CT molecular complexity index is 1280. The van der Waals surface area contributed by atoms with Crippen LogP contribution in [-0.2, 0) is 27.1 Å². The molecule has 172 valence electrons. The summed E-state index contributed by atoms with van der Waals surface area (Å²) >= 11 is 0. The van der Waals surface area contributed by atoms with Gasteiger partial charge in [-0.15, -0.1) is 0 Å². The van der Waals surface area contributed by atoms with Gasteiger partial charge in [-0.25, -0.2) is 9.18 Å². The SMILES string of the molecule is Cn1c(=O)n(C)c2cc([C@@H](O)COc3ccc(CNCCc4ccc(F)cc4)cc3)ccc21. The highest BCUT2D eigenvalue weighted by atomic mass is 19.1. The number of ether oxygens (including phenoxy) is 1. The van der Waals surface area contributed by atoms with Crippen LogP contribution >= 0.6 is 0 Å². The maximum atomic E-state index is 12.9. The van der Waals surface area contributed by atoms with Gasteiger partial charge in [0.05, 0.1) is 11.0 Å². The zero-order valence-electron chi connectivity index (χ0n) is 18.8. The second-order valence-corrected chi connectivity index (χ2v) is 8.17. The molecule has 0 aliphatic carbocycles. The smallest absolute Gasteiger partial charge is 0.328 e. The molecule has 33 heavy (non-hydrogen) atoms. The van der Waals surface area contributed by atoms with Crippen LogP contribution in [0.25, 0.3) is 11.0 Å². The fraction of sp³-hybridized carbons (Fsp3) is 0.269. The number of aliphatic hydroxyl groups excluding tert-OH is 1. The lowest BCUT2D eigenvalue weighted by Gasteiger charge is -2.14. The molecule has 1 atom stereocenters. The second kappa shape index (κ2) is 10.0. The first-order valence-electron chi connectivity index (χ1n) is 10.9. The van der Waals surface area contributed by atoms with E-state index in [1.54, 1.807) is 35.4 Å². The Hall–Kier alpha value is -3.42. The van der Waals surface area contributed by atoms with Crippen molar-refractivity contribution in [1.29, 1.82) is 0 Å². The number of benzene rings is 3. The Morgan fingerprint density at radius 3 is 2.33 bits per heavy atom. The molecule has 6 nitrogen and oxygen atoms in total. The van der Waals surface area contributed by atoms with E-state index in [1.165, 1.54) is 12.1 Å². The zero-order chi connectivity index (χ0) is 23.4. The van der Waals surface area contributed by atoms with Crippen molar-refractivity contribution >= 4 is 11.0 Å². The van der Waals surface area contributed by atoms with Gasteiger partial charge >= 0.3 is 5.69 Å². The number of aryl methyl sites for hydroxylation is 2. The molecule has 0 radical (unpaired) electrons. The van der Waals surface area contributed by atoms with Crippen LogP contribution in [0.5, 0.6) is 5.75 Å². The lowest BCUT2D eigenvalue weighted by atomic mass is 10.1. The number of nitrogens with one attached hydrogen (secondary N) is 1. The van der Waals surface area contributed by atoms with E-state index in [2.05, 4.69) is 5.32 Å². The highest BCUT2D eigenvalue weighted by Gasteiger charge is 2.13. The third-order valence-corrected chi connectivity index (χ3v) is 5.84. The average molecular weight is 450 g/mol. The van der Waals surface area contributed by atoms with Crippen LogP contribution < -0.4 is 15.7 Å². The van der Waals surface area contributed by atoms with Crippen LogP contribution in [0.2, 0.25) is 0 Å². The summed E-state index contributed by atoms with van der Waals surface area (Å²) in [5.74, 6) is 0.461. The highest BCUT2D eigenvalue weighted by Crippen LogP contribution is 2.21. The van der Waals surface area contributed by atoms with Crippen molar-refractivity contribution < 1.29 is 14.2 Å². The normalized spacial score (nSPS) is 12.2. The maximum Gasteiger partial charge on any atom is 0.328 e. The summed E-state index contributed by atoms with van der Waals surface area (Å²) in [4.78, 5) is 12.1. The van der Waals surface area contributed by atoms with Crippen molar-refractivity contribution in [2.45, 2.75) is 19.1 Å². The number of nitrogens with zero attached hydrogens (tertiary/aromatic N) is 2. The van der Waals surface area contributed by atoms with Crippen LogP contribution in [0.15, 0.2) is 71.5 Å². The number of rotatable bonds is 9. The maximum absolute atomic E-state index is 12.9. The molecule has 0 fully saturated rings. The van der Waals surface area contributed by atoms with E-state index in [0.717, 1.165) is 41.7 Å². The van der Waals surface area contributed by atoms with E-state index in [9.17, 15) is 14.3 Å². The van der Waals surface area contributed by atoms with Crippen molar-refractivity contribution in [2.75, 3.05) is 13.2 Å². The number of hydrogen-bond donors (Lipinski definition) is 2. The summed E-state index contributed by atoms with van der Waals surface area (Å²) in [5.41, 5.74) is 4.41. The van der Waals surface area contributed by atoms with Gasteiger partial charge in [0.1, 0.15) is 24.3 Å². The summed E-state index contributed by atoms with van der Waals surface area (Å²) in [7, 11) is 3.45. The largest absolute Gasteiger partial charge is 0.491 e. The van der Waals surface area contributed by atoms with Gasteiger partial charge in [0.2, 0.25) is 0 Å². The van der Waals surface area contributed by atoms with Crippen LogP contribution in [0.4, 0.5) is 4.39 Å². The van der Waals surface area contributed by atoms with Crippen molar-refractivity contribution in [3.8, 4) is 5.75 Å². The van der Waals surface area contributed by atoms with Crippen molar-refractivity contribution in [3.63, 3.8) is 0 Å². The minimum Gasteiger partial charge on any atom is -0.491 e. The molecule has 0 aliphatic rings. The molecule has 2 N–H and O–H groups in total. The Morgan fingerprint density at radius 1 is 0.939 bits per heavy atom. The topological polar surface area (TPSA) is 68.4 Å². The molecular weight excluding hydrogens is 421 g/mol. The number of fused-ring (bicyclic) bond motifs is 1. The van der Waals surface area contributed by atoms with E-state index in [4.69, 9.17) is 4.74 Å². The number of imidazole rings is 1. The quantitative estimate of drug-likeness (QED) is 0.384. The number of aromatic nitrogens is 2. The fourth-order valence-electron chi connectivity index (χ4n) is 3.82. The van der Waals surface area contributed by atoms with Gasteiger partial charge in [-0.1, -0.05) is 30.3 Å². The van der Waals surface area contributed by atoms with E-state index in [1.807, 2.05) is 42.5 Å². The summed E-state index contributed by atoms with van der Waals surface area (Å²) in [6, 6.07) is 19.8. The molecule has 0 amide bonds. The molecule has 1 heterocycles. The third-order valence-electron chi connectivity index (χ3n) is 5.84. The van der Waals surface area contributed by atoms with Gasteiger partial charge in [-0.3, -0.25) is 9.13 Å². The van der Waals surface area contributed by atoms with Crippen LogP contribution in [0.3, 0.4) is 0 Å². The molecule has 0 bridgehead atoms. The molecule has 1 aromatic heterocycles. The average Bonchev–Trinajstić information content (AvgIpc) is 3.05. The first kappa shape index (κ1) is 22.8. The molecule has 3 aromatic carbocycles. The van der Waals surface area contributed by atoms with Gasteiger partial charge in [-0.05, 0) is 66.1 Å². The first-order chi connectivity index (χ1) is 15.9. The second-order valence-electron chi connectivity index (χ2n) is 8.17. The first-order valence-corrected chi connectivity index (χ1v) is 10.9. The van der Waals surface area contributed by atoms with E-state index < -0.39 is 6.10 Å². The molecule has 0 unspecified atom stereocenters. The summed E-state index contributed by atoms with van der Waals surface area (Å²) in [6.45, 7) is 1.63.